The van der Waals surface area contributed by atoms with Gasteiger partial charge in [0.05, 0.1) is 37.3 Å². The SMILES string of the molecule is COCCNC(=O)C(C)Sc1nnc(-c2ccccc2OC)n1Cc1ccco1. The van der Waals surface area contributed by atoms with Gasteiger partial charge >= 0.3 is 0 Å². The van der Waals surface area contributed by atoms with Crippen molar-refractivity contribution in [2.75, 3.05) is 27.4 Å². The highest BCUT2D eigenvalue weighted by molar-refractivity contribution is 8.00. The zero-order chi connectivity index (χ0) is 20.6. The largest absolute Gasteiger partial charge is 0.496 e. The zero-order valence-corrected chi connectivity index (χ0v) is 17.4. The fourth-order valence-corrected chi connectivity index (χ4v) is 3.61. The number of nitrogens with one attached hydrogen (secondary N) is 1. The highest BCUT2D eigenvalue weighted by atomic mass is 32.2. The van der Waals surface area contributed by atoms with Gasteiger partial charge in [0.15, 0.2) is 11.0 Å². The predicted molar refractivity (Wildman–Crippen MR) is 110 cm³/mol. The highest BCUT2D eigenvalue weighted by Gasteiger charge is 2.22. The van der Waals surface area contributed by atoms with Crippen LogP contribution in [0.1, 0.15) is 12.7 Å². The third-order valence-electron chi connectivity index (χ3n) is 4.22. The van der Waals surface area contributed by atoms with Gasteiger partial charge in [0.25, 0.3) is 0 Å². The Morgan fingerprint density at radius 3 is 2.79 bits per heavy atom. The van der Waals surface area contributed by atoms with Gasteiger partial charge in [-0.2, -0.15) is 0 Å². The molecule has 1 unspecified atom stereocenters. The van der Waals surface area contributed by atoms with E-state index in [0.29, 0.717) is 36.4 Å². The summed E-state index contributed by atoms with van der Waals surface area (Å²) in [6.07, 6.45) is 1.63. The van der Waals surface area contributed by atoms with Gasteiger partial charge in [-0.1, -0.05) is 23.9 Å². The van der Waals surface area contributed by atoms with Gasteiger partial charge in [0, 0.05) is 13.7 Å². The Morgan fingerprint density at radius 2 is 2.07 bits per heavy atom. The molecule has 2 heterocycles. The molecule has 0 spiro atoms. The quantitative estimate of drug-likeness (QED) is 0.401. The molecule has 0 aliphatic carbocycles. The second-order valence-electron chi connectivity index (χ2n) is 6.22. The number of carbonyl (C=O) groups is 1. The van der Waals surface area contributed by atoms with E-state index in [4.69, 9.17) is 13.9 Å². The first-order valence-electron chi connectivity index (χ1n) is 9.16. The number of furan rings is 1. The summed E-state index contributed by atoms with van der Waals surface area (Å²) in [5.74, 6) is 2.02. The molecule has 8 nitrogen and oxygen atoms in total. The number of ether oxygens (including phenoxy) is 2. The van der Waals surface area contributed by atoms with Gasteiger partial charge in [0.1, 0.15) is 11.5 Å². The van der Waals surface area contributed by atoms with Gasteiger partial charge < -0.3 is 19.2 Å². The normalized spacial score (nSPS) is 12.0. The van der Waals surface area contributed by atoms with E-state index in [-0.39, 0.29) is 11.2 Å². The molecule has 9 heteroatoms. The Kier molecular flexibility index (Phi) is 7.31. The molecule has 0 saturated heterocycles. The first-order chi connectivity index (χ1) is 14.1. The number of para-hydroxylation sites is 1. The number of hydrogen-bond donors (Lipinski definition) is 1. The molecule has 0 radical (unpaired) electrons. The average molecular weight is 417 g/mol. The molecule has 0 aliphatic rings. The number of aromatic nitrogens is 3. The van der Waals surface area contributed by atoms with E-state index in [1.165, 1.54) is 11.8 Å². The number of carbonyl (C=O) groups excluding carboxylic acids is 1. The molecule has 2 aromatic heterocycles. The smallest absolute Gasteiger partial charge is 0.233 e. The molecule has 1 amide bonds. The van der Waals surface area contributed by atoms with Crippen molar-refractivity contribution in [3.8, 4) is 17.1 Å². The summed E-state index contributed by atoms with van der Waals surface area (Å²) in [5, 5.41) is 11.8. The Labute approximate surface area is 173 Å². The van der Waals surface area contributed by atoms with Gasteiger partial charge in [0.2, 0.25) is 5.91 Å². The van der Waals surface area contributed by atoms with E-state index in [1.807, 2.05) is 47.9 Å². The van der Waals surface area contributed by atoms with Crippen molar-refractivity contribution in [3.63, 3.8) is 0 Å². The molecule has 0 fully saturated rings. The molecule has 0 aliphatic heterocycles. The van der Waals surface area contributed by atoms with Crippen LogP contribution in [0.2, 0.25) is 0 Å². The van der Waals surface area contributed by atoms with Crippen molar-refractivity contribution in [1.29, 1.82) is 0 Å². The third-order valence-corrected chi connectivity index (χ3v) is 5.30. The molecule has 1 N–H and O–H groups in total. The first-order valence-corrected chi connectivity index (χ1v) is 10.0. The minimum absolute atomic E-state index is 0.0848. The molecule has 0 bridgehead atoms. The summed E-state index contributed by atoms with van der Waals surface area (Å²) in [6.45, 7) is 3.21. The second kappa shape index (κ2) is 10.1. The van der Waals surface area contributed by atoms with Crippen LogP contribution >= 0.6 is 11.8 Å². The number of methoxy groups -OCH3 is 2. The fourth-order valence-electron chi connectivity index (χ4n) is 2.74. The maximum Gasteiger partial charge on any atom is 0.233 e. The van der Waals surface area contributed by atoms with Gasteiger partial charge in [-0.05, 0) is 31.2 Å². The van der Waals surface area contributed by atoms with Crippen molar-refractivity contribution in [2.45, 2.75) is 23.9 Å². The maximum atomic E-state index is 12.3. The number of rotatable bonds is 10. The Hall–Kier alpha value is -2.78. The Balaban J connectivity index is 1.89. The van der Waals surface area contributed by atoms with Gasteiger partial charge in [-0.3, -0.25) is 9.36 Å². The average Bonchev–Trinajstić information content (AvgIpc) is 3.39. The molecular weight excluding hydrogens is 392 g/mol. The standard InChI is InChI=1S/C20H24N4O4S/c1-14(19(25)21-10-12-26-2)29-20-23-22-18(16-8-4-5-9-17(16)27-3)24(20)13-15-7-6-11-28-15/h4-9,11,14H,10,12-13H2,1-3H3,(H,21,25). The van der Waals surface area contributed by atoms with Crippen LogP contribution in [0, 0.1) is 0 Å². The minimum atomic E-state index is -0.350. The zero-order valence-electron chi connectivity index (χ0n) is 16.6. The number of benzene rings is 1. The van der Waals surface area contributed by atoms with Crippen molar-refractivity contribution in [2.24, 2.45) is 0 Å². The van der Waals surface area contributed by atoms with E-state index < -0.39 is 0 Å². The molecule has 29 heavy (non-hydrogen) atoms. The van der Waals surface area contributed by atoms with Crippen molar-refractivity contribution >= 4 is 17.7 Å². The number of nitrogens with zero attached hydrogens (tertiary/aromatic N) is 3. The van der Waals surface area contributed by atoms with E-state index >= 15 is 0 Å². The van der Waals surface area contributed by atoms with Crippen LogP contribution in [0.5, 0.6) is 5.75 Å². The summed E-state index contributed by atoms with van der Waals surface area (Å²) in [4.78, 5) is 12.3. The van der Waals surface area contributed by atoms with E-state index in [1.54, 1.807) is 20.5 Å². The lowest BCUT2D eigenvalue weighted by atomic mass is 10.2. The van der Waals surface area contributed by atoms with Crippen molar-refractivity contribution in [1.82, 2.24) is 20.1 Å². The van der Waals surface area contributed by atoms with Crippen molar-refractivity contribution < 1.29 is 18.7 Å². The molecule has 0 saturated carbocycles. The maximum absolute atomic E-state index is 12.3. The molecule has 3 rings (SSSR count). The summed E-state index contributed by atoms with van der Waals surface area (Å²) in [5.41, 5.74) is 0.818. The predicted octanol–water partition coefficient (Wildman–Crippen LogP) is 2.84. The van der Waals surface area contributed by atoms with Crippen LogP contribution < -0.4 is 10.1 Å². The van der Waals surface area contributed by atoms with Crippen LogP contribution in [0.25, 0.3) is 11.4 Å². The molecule has 1 atom stereocenters. The van der Waals surface area contributed by atoms with E-state index in [9.17, 15) is 4.79 Å². The minimum Gasteiger partial charge on any atom is -0.496 e. The van der Waals surface area contributed by atoms with Crippen LogP contribution in [0.4, 0.5) is 0 Å². The summed E-state index contributed by atoms with van der Waals surface area (Å²) in [7, 11) is 3.22. The Bertz CT molecular complexity index is 926. The summed E-state index contributed by atoms with van der Waals surface area (Å²) in [6, 6.07) is 11.3. The van der Waals surface area contributed by atoms with Crippen LogP contribution in [-0.4, -0.2) is 53.3 Å². The molecule has 154 valence electrons. The van der Waals surface area contributed by atoms with Crippen LogP contribution in [-0.2, 0) is 16.1 Å². The lowest BCUT2D eigenvalue weighted by Crippen LogP contribution is -2.33. The summed E-state index contributed by atoms with van der Waals surface area (Å²) < 4.78 is 17.9. The van der Waals surface area contributed by atoms with Crippen LogP contribution in [0.15, 0.2) is 52.2 Å². The lowest BCUT2D eigenvalue weighted by molar-refractivity contribution is -0.120. The molecular formula is C20H24N4O4S. The number of amides is 1. The fraction of sp³-hybridized carbons (Fsp3) is 0.350. The van der Waals surface area contributed by atoms with Gasteiger partial charge in [-0.15, -0.1) is 10.2 Å². The van der Waals surface area contributed by atoms with Crippen LogP contribution in [0.3, 0.4) is 0 Å². The second-order valence-corrected chi connectivity index (χ2v) is 7.52. The monoisotopic (exact) mass is 416 g/mol. The summed E-state index contributed by atoms with van der Waals surface area (Å²) >= 11 is 1.34. The molecule has 3 aromatic rings. The number of hydrogen-bond acceptors (Lipinski definition) is 7. The topological polar surface area (TPSA) is 91.4 Å². The molecule has 1 aromatic carbocycles. The van der Waals surface area contributed by atoms with Gasteiger partial charge in [-0.25, -0.2) is 0 Å². The van der Waals surface area contributed by atoms with E-state index in [2.05, 4.69) is 15.5 Å². The van der Waals surface area contributed by atoms with Crippen molar-refractivity contribution in [3.05, 3.63) is 48.4 Å². The highest BCUT2D eigenvalue weighted by Crippen LogP contribution is 2.32. The third kappa shape index (κ3) is 5.18. The lowest BCUT2D eigenvalue weighted by Gasteiger charge is -2.14. The van der Waals surface area contributed by atoms with E-state index in [0.717, 1.165) is 11.3 Å². The first kappa shape index (κ1) is 20.9. The number of thioether (sulfide) groups is 1. The Morgan fingerprint density at radius 1 is 1.24 bits per heavy atom.